The molecule has 0 aliphatic carbocycles. The summed E-state index contributed by atoms with van der Waals surface area (Å²) in [6.07, 6.45) is 1.11. The average Bonchev–Trinajstić information content (AvgIpc) is 2.32. The predicted molar refractivity (Wildman–Crippen MR) is 77.1 cm³/mol. The first kappa shape index (κ1) is 13.5. The average molecular weight is 363 g/mol. The van der Waals surface area contributed by atoms with Crippen LogP contribution in [0.2, 0.25) is 0 Å². The summed E-state index contributed by atoms with van der Waals surface area (Å²) in [4.78, 5) is 0. The fourth-order valence-corrected chi connectivity index (χ4v) is 2.75. The smallest absolute Gasteiger partial charge is 0.0506 e. The minimum absolute atomic E-state index is 0.575. The Morgan fingerprint density at radius 3 is 2.88 bits per heavy atom. The van der Waals surface area contributed by atoms with Gasteiger partial charge in [0.25, 0.3) is 0 Å². The van der Waals surface area contributed by atoms with Crippen molar-refractivity contribution in [2.24, 2.45) is 5.92 Å². The van der Waals surface area contributed by atoms with Crippen molar-refractivity contribution in [3.8, 4) is 0 Å². The molecule has 0 saturated carbocycles. The van der Waals surface area contributed by atoms with Crippen LogP contribution in [0.1, 0.15) is 18.9 Å². The van der Waals surface area contributed by atoms with Gasteiger partial charge in [-0.2, -0.15) is 0 Å². The van der Waals surface area contributed by atoms with E-state index in [1.165, 1.54) is 5.56 Å². The van der Waals surface area contributed by atoms with Crippen LogP contribution >= 0.6 is 31.9 Å². The molecule has 0 bridgehead atoms. The molecule has 1 aliphatic rings. The highest BCUT2D eigenvalue weighted by atomic mass is 79.9. The maximum absolute atomic E-state index is 5.45. The number of halogens is 2. The summed E-state index contributed by atoms with van der Waals surface area (Å²) in [5, 5.41) is 3.62. The summed E-state index contributed by atoms with van der Waals surface area (Å²) >= 11 is 7.01. The van der Waals surface area contributed by atoms with Crippen LogP contribution in [0.25, 0.3) is 0 Å². The van der Waals surface area contributed by atoms with E-state index in [2.05, 4.69) is 62.3 Å². The molecule has 0 spiro atoms. The molecule has 0 aromatic heterocycles. The minimum atomic E-state index is 0.575. The van der Waals surface area contributed by atoms with E-state index < -0.39 is 0 Å². The molecular weight excluding hydrogens is 346 g/mol. The highest BCUT2D eigenvalue weighted by molar-refractivity contribution is 9.13. The van der Waals surface area contributed by atoms with Gasteiger partial charge in [0.1, 0.15) is 0 Å². The van der Waals surface area contributed by atoms with Gasteiger partial charge < -0.3 is 10.1 Å². The lowest BCUT2D eigenvalue weighted by atomic mass is 9.97. The molecule has 1 fully saturated rings. The SMILES string of the molecule is CC1COCCC1NCc1ccc(Br)c(Br)c1. The molecule has 2 atom stereocenters. The fourth-order valence-electron chi connectivity index (χ4n) is 2.08. The number of hydrogen-bond acceptors (Lipinski definition) is 2. The summed E-state index contributed by atoms with van der Waals surface area (Å²) in [5.41, 5.74) is 1.30. The molecule has 1 aliphatic heterocycles. The first-order valence-electron chi connectivity index (χ1n) is 5.92. The Labute approximate surface area is 119 Å². The largest absolute Gasteiger partial charge is 0.381 e. The highest BCUT2D eigenvalue weighted by Crippen LogP contribution is 2.24. The van der Waals surface area contributed by atoms with Gasteiger partial charge in [-0.3, -0.25) is 0 Å². The van der Waals surface area contributed by atoms with Gasteiger partial charge in [-0.25, -0.2) is 0 Å². The van der Waals surface area contributed by atoms with Crippen molar-refractivity contribution in [3.63, 3.8) is 0 Å². The molecule has 17 heavy (non-hydrogen) atoms. The van der Waals surface area contributed by atoms with E-state index in [4.69, 9.17) is 4.74 Å². The van der Waals surface area contributed by atoms with Crippen molar-refractivity contribution < 1.29 is 4.74 Å². The molecule has 2 rings (SSSR count). The Balaban J connectivity index is 1.90. The van der Waals surface area contributed by atoms with Gasteiger partial charge in [0.2, 0.25) is 0 Å². The lowest BCUT2D eigenvalue weighted by molar-refractivity contribution is 0.0386. The van der Waals surface area contributed by atoms with E-state index in [9.17, 15) is 0 Å². The summed E-state index contributed by atoms with van der Waals surface area (Å²) in [7, 11) is 0. The van der Waals surface area contributed by atoms with Gasteiger partial charge >= 0.3 is 0 Å². The van der Waals surface area contributed by atoms with Gasteiger partial charge in [-0.05, 0) is 61.9 Å². The zero-order valence-electron chi connectivity index (χ0n) is 9.88. The molecule has 0 radical (unpaired) electrons. The summed E-state index contributed by atoms with van der Waals surface area (Å²) in [6.45, 7) is 4.92. The molecule has 1 heterocycles. The topological polar surface area (TPSA) is 21.3 Å². The Hall–Kier alpha value is 0.1000. The van der Waals surface area contributed by atoms with Crippen LogP contribution in [-0.4, -0.2) is 19.3 Å². The van der Waals surface area contributed by atoms with Crippen LogP contribution in [0.5, 0.6) is 0 Å². The van der Waals surface area contributed by atoms with Gasteiger partial charge in [-0.1, -0.05) is 13.0 Å². The number of nitrogens with one attached hydrogen (secondary N) is 1. The van der Waals surface area contributed by atoms with Crippen molar-refractivity contribution in [2.45, 2.75) is 25.9 Å². The molecule has 2 nitrogen and oxygen atoms in total. The lowest BCUT2D eigenvalue weighted by Gasteiger charge is -2.29. The van der Waals surface area contributed by atoms with Crippen LogP contribution in [0.3, 0.4) is 0 Å². The van der Waals surface area contributed by atoms with E-state index >= 15 is 0 Å². The summed E-state index contributed by atoms with van der Waals surface area (Å²) in [6, 6.07) is 6.95. The number of hydrogen-bond donors (Lipinski definition) is 1. The van der Waals surface area contributed by atoms with E-state index in [0.717, 1.165) is 35.1 Å². The second kappa shape index (κ2) is 6.32. The maximum Gasteiger partial charge on any atom is 0.0506 e. The quantitative estimate of drug-likeness (QED) is 0.884. The Bertz CT molecular complexity index is 384. The van der Waals surface area contributed by atoms with E-state index in [0.29, 0.717) is 12.0 Å². The van der Waals surface area contributed by atoms with Crippen molar-refractivity contribution in [2.75, 3.05) is 13.2 Å². The second-order valence-corrected chi connectivity index (χ2v) is 6.29. The third kappa shape index (κ3) is 3.78. The van der Waals surface area contributed by atoms with Gasteiger partial charge in [0.15, 0.2) is 0 Å². The monoisotopic (exact) mass is 361 g/mol. The minimum Gasteiger partial charge on any atom is -0.381 e. The summed E-state index contributed by atoms with van der Waals surface area (Å²) in [5.74, 6) is 0.600. The van der Waals surface area contributed by atoms with Crippen molar-refractivity contribution >= 4 is 31.9 Å². The molecule has 1 aromatic carbocycles. The molecule has 94 valence electrons. The van der Waals surface area contributed by atoms with Crippen LogP contribution in [0.15, 0.2) is 27.1 Å². The van der Waals surface area contributed by atoms with E-state index in [-0.39, 0.29) is 0 Å². The van der Waals surface area contributed by atoms with E-state index in [1.54, 1.807) is 0 Å². The molecule has 1 aromatic rings. The lowest BCUT2D eigenvalue weighted by Crippen LogP contribution is -2.40. The molecule has 4 heteroatoms. The number of rotatable bonds is 3. The molecule has 0 amide bonds. The van der Waals surface area contributed by atoms with Crippen LogP contribution < -0.4 is 5.32 Å². The maximum atomic E-state index is 5.45. The van der Waals surface area contributed by atoms with Crippen LogP contribution in [0.4, 0.5) is 0 Å². The first-order chi connectivity index (χ1) is 8.16. The van der Waals surface area contributed by atoms with Crippen molar-refractivity contribution in [3.05, 3.63) is 32.7 Å². The molecule has 2 unspecified atom stereocenters. The van der Waals surface area contributed by atoms with Gasteiger partial charge in [0, 0.05) is 28.1 Å². The zero-order chi connectivity index (χ0) is 12.3. The molecule has 1 saturated heterocycles. The Morgan fingerprint density at radius 1 is 1.35 bits per heavy atom. The molecule has 1 N–H and O–H groups in total. The summed E-state index contributed by atoms with van der Waals surface area (Å²) < 4.78 is 7.65. The Kier molecular flexibility index (Phi) is 5.03. The molecular formula is C13H17Br2NO. The first-order valence-corrected chi connectivity index (χ1v) is 7.50. The fraction of sp³-hybridized carbons (Fsp3) is 0.538. The third-order valence-electron chi connectivity index (χ3n) is 3.19. The van der Waals surface area contributed by atoms with Crippen molar-refractivity contribution in [1.29, 1.82) is 0 Å². The number of benzene rings is 1. The van der Waals surface area contributed by atoms with Gasteiger partial charge in [-0.15, -0.1) is 0 Å². The normalized spacial score (nSPS) is 24.9. The second-order valence-electron chi connectivity index (χ2n) is 4.58. The Morgan fingerprint density at radius 2 is 2.18 bits per heavy atom. The third-order valence-corrected chi connectivity index (χ3v) is 5.07. The van der Waals surface area contributed by atoms with E-state index in [1.807, 2.05) is 0 Å². The van der Waals surface area contributed by atoms with Gasteiger partial charge in [0.05, 0.1) is 6.61 Å². The van der Waals surface area contributed by atoms with Crippen molar-refractivity contribution in [1.82, 2.24) is 5.32 Å². The van der Waals surface area contributed by atoms with Crippen LogP contribution in [-0.2, 0) is 11.3 Å². The zero-order valence-corrected chi connectivity index (χ0v) is 13.1. The highest BCUT2D eigenvalue weighted by Gasteiger charge is 2.20. The number of ether oxygens (including phenoxy) is 1. The predicted octanol–water partition coefficient (Wildman–Crippen LogP) is 3.73. The van der Waals surface area contributed by atoms with Crippen LogP contribution in [0, 0.1) is 5.92 Å². The standard InChI is InChI=1S/C13H17Br2NO/c1-9-8-17-5-4-13(9)16-7-10-2-3-11(14)12(15)6-10/h2-3,6,9,13,16H,4-5,7-8H2,1H3.